The van der Waals surface area contributed by atoms with Gasteiger partial charge in [-0.3, -0.25) is 15.0 Å². The highest BCUT2D eigenvalue weighted by Gasteiger charge is 2.56. The Hall–Kier alpha value is -7.66. The molecule has 8 aromatic rings. The fraction of sp³-hybridized carbons (Fsp3) is 0.526. The normalized spacial score (nSPS) is 14.3. The molecule has 110 heavy (non-hydrogen) atoms. The summed E-state index contributed by atoms with van der Waals surface area (Å²) in [6.07, 6.45) is 14.3. The lowest BCUT2D eigenvalue weighted by Crippen LogP contribution is -2.67. The van der Waals surface area contributed by atoms with Crippen LogP contribution in [-0.2, 0) is 6.54 Å². The van der Waals surface area contributed by atoms with Crippen molar-refractivity contribution in [1.82, 2.24) is 36.2 Å². The summed E-state index contributed by atoms with van der Waals surface area (Å²) in [6.45, 7) is 51.5. The fourth-order valence-corrected chi connectivity index (χ4v) is 11.0. The first kappa shape index (κ1) is 96.5. The van der Waals surface area contributed by atoms with Crippen LogP contribution in [0.2, 0.25) is 0 Å². The molecule has 12 rings (SSSR count). The van der Waals surface area contributed by atoms with E-state index in [0.717, 1.165) is 92.1 Å². The van der Waals surface area contributed by atoms with E-state index in [2.05, 4.69) is 309 Å². The zero-order chi connectivity index (χ0) is 81.3. The van der Waals surface area contributed by atoms with E-state index in [9.17, 15) is 13.2 Å². The maximum Gasteiger partial charge on any atom is 0.401 e. The van der Waals surface area contributed by atoms with Gasteiger partial charge in [0.25, 0.3) is 0 Å². The number of nitrogens with one attached hydrogen (secondary N) is 7. The number of aromatic nitrogens is 3. The van der Waals surface area contributed by atoms with Crippen molar-refractivity contribution in [3.63, 3.8) is 0 Å². The molecule has 4 saturated carbocycles. The molecule has 0 spiro atoms. The quantitative estimate of drug-likeness (QED) is 0.0216. The van der Waals surface area contributed by atoms with Crippen LogP contribution in [0.25, 0.3) is 33.4 Å². The molecule has 0 unspecified atom stereocenters. The number of hydrogen-bond acceptors (Lipinski definition) is 12. The lowest BCUT2D eigenvalue weighted by atomic mass is 9.50. The van der Waals surface area contributed by atoms with E-state index in [1.54, 1.807) is 18.6 Å². The number of nitrogens with two attached hydrogens (primary N) is 1. The van der Waals surface area contributed by atoms with Crippen LogP contribution in [0.3, 0.4) is 0 Å². The molecule has 15 heteroatoms. The van der Waals surface area contributed by atoms with E-state index in [-0.39, 0.29) is 5.92 Å². The summed E-state index contributed by atoms with van der Waals surface area (Å²) in [6, 6.07) is 56.7. The summed E-state index contributed by atoms with van der Waals surface area (Å²) < 4.78 is 34.3. The SMILES string of the molecule is CC(C)CN.CC(C)CN(C)c1ccc(-c2cccnc2)cc1.CC(C)CNC12CC(C1)C2.CC(C)CNCC(F)(F)F.CC(C)CNCC1CC1.CC(C)CNc1ccc(-c2cccnc2)cc1.CC(C)CNc1ccc(-c2cccnc2)cc1.CC(C)CNc1ccccc1.Cc1ccc(CNCC(C)C)cc1. The highest BCUT2D eigenvalue weighted by Crippen LogP contribution is 2.56. The molecule has 12 nitrogen and oxygen atoms in total. The summed E-state index contributed by atoms with van der Waals surface area (Å²) in [4.78, 5) is 14.7. The molecule has 4 fully saturated rings. The van der Waals surface area contributed by atoms with Crippen molar-refractivity contribution >= 4 is 22.7 Å². The molecule has 0 aliphatic heterocycles. The van der Waals surface area contributed by atoms with E-state index in [1.807, 2.05) is 68.8 Å². The fourth-order valence-electron chi connectivity index (χ4n) is 11.0. The van der Waals surface area contributed by atoms with Gasteiger partial charge < -0.3 is 47.9 Å². The number of anilines is 4. The van der Waals surface area contributed by atoms with Crippen LogP contribution < -0.4 is 47.9 Å². The number of rotatable bonds is 30. The largest absolute Gasteiger partial charge is 0.401 e. The molecule has 4 aliphatic rings. The molecule has 2 bridgehead atoms. The molecule has 9 N–H and O–H groups in total. The Morgan fingerprint density at radius 3 is 1.12 bits per heavy atom. The number of para-hydroxylation sites is 1. The van der Waals surface area contributed by atoms with Crippen LogP contribution in [0.5, 0.6) is 0 Å². The maximum atomic E-state index is 11.4. The number of nitrogens with zero attached hydrogens (tertiary/aromatic N) is 4. The molecule has 0 amide bonds. The Morgan fingerprint density at radius 1 is 0.418 bits per heavy atom. The second-order valence-corrected chi connectivity index (χ2v) is 33.7. The number of alkyl halides is 3. The van der Waals surface area contributed by atoms with Gasteiger partial charge in [0.1, 0.15) is 0 Å². The average molecular weight is 1510 g/mol. The van der Waals surface area contributed by atoms with E-state index < -0.39 is 12.7 Å². The first-order chi connectivity index (χ1) is 52.3. The van der Waals surface area contributed by atoms with Crippen molar-refractivity contribution in [2.45, 2.75) is 182 Å². The Bertz CT molecular complexity index is 3370. The van der Waals surface area contributed by atoms with Crippen LogP contribution in [0.4, 0.5) is 35.9 Å². The van der Waals surface area contributed by atoms with E-state index in [0.29, 0.717) is 41.7 Å². The molecular formula is C95H147F3N12. The number of aryl methyl sites for hydroxylation is 1. The standard InChI is InChI=1S/C16H20N2.2C15H18N2.C12H19N.C10H15N.C9H17N.C8H17N.C6H12F3N.C4H11N/c1-13(2)12-18(3)16-8-6-14(7-9-16)15-5-4-10-17-11-15;2*1-12(2)10-17-15-7-5-13(6-8-15)14-4-3-9-16-11-14;1-10(2)8-13-9-12-6-4-11(3)5-7-12;1-9(2)8-11-10-6-4-3-5-7-10;1-7(2)6-10-9-3-8(4-9)5-9;1-7(2)5-9-6-8-3-4-8;1-5(2)3-10-4-6(7,8)9;1-4(2)3-5/h4-11,13H,12H2,1-3H3;2*3-9,11-12,17H,10H2,1-2H3;4-7,10,13H,8-9H2,1-3H3;3-7,9,11H,8H2,1-2H3;7-8,10H,3-6H2,1-2H3;7-9H,3-6H2,1-2H3;5,10H,3-4H2,1-2H3;4H,3,5H2,1-2H3. The highest BCUT2D eigenvalue weighted by atomic mass is 19.4. The van der Waals surface area contributed by atoms with Gasteiger partial charge >= 0.3 is 6.18 Å². The van der Waals surface area contributed by atoms with Gasteiger partial charge in [-0.1, -0.05) is 227 Å². The number of halogens is 3. The average Bonchev–Trinajstić information content (AvgIpc) is 0.770. The van der Waals surface area contributed by atoms with Crippen LogP contribution in [-0.4, -0.2) is 106 Å². The van der Waals surface area contributed by atoms with Crippen LogP contribution >= 0.6 is 0 Å². The van der Waals surface area contributed by atoms with E-state index >= 15 is 0 Å². The first-order valence-electron chi connectivity index (χ1n) is 41.0. The van der Waals surface area contributed by atoms with E-state index in [1.165, 1.54) is 102 Å². The summed E-state index contributed by atoms with van der Waals surface area (Å²) in [5.41, 5.74) is 20.4. The smallest absolute Gasteiger partial charge is 0.385 e. The predicted octanol–water partition coefficient (Wildman–Crippen LogP) is 22.8. The molecule has 0 saturated heterocycles. The highest BCUT2D eigenvalue weighted by molar-refractivity contribution is 5.67. The minimum atomic E-state index is -4.07. The van der Waals surface area contributed by atoms with Crippen LogP contribution in [0.15, 0.2) is 201 Å². The topological polar surface area (TPSA) is 152 Å². The minimum absolute atomic E-state index is 0.266. The molecule has 3 heterocycles. The Balaban J connectivity index is 0.000000326. The van der Waals surface area contributed by atoms with Gasteiger partial charge in [0.2, 0.25) is 0 Å². The minimum Gasteiger partial charge on any atom is -0.385 e. The van der Waals surface area contributed by atoms with Crippen molar-refractivity contribution in [2.75, 3.05) is 99.9 Å². The Kier molecular flexibility index (Phi) is 48.2. The summed E-state index contributed by atoms with van der Waals surface area (Å²) >= 11 is 0. The van der Waals surface area contributed by atoms with Crippen LogP contribution in [0.1, 0.15) is 168 Å². The van der Waals surface area contributed by atoms with Gasteiger partial charge in [0.15, 0.2) is 0 Å². The number of hydrogen-bond donors (Lipinski definition) is 8. The van der Waals surface area contributed by atoms with Crippen molar-refractivity contribution < 1.29 is 13.2 Å². The third-order valence-corrected chi connectivity index (χ3v) is 17.6. The van der Waals surface area contributed by atoms with Gasteiger partial charge in [-0.2, -0.15) is 13.2 Å². The van der Waals surface area contributed by atoms with Gasteiger partial charge in [-0.05, 0) is 249 Å². The number of benzene rings is 5. The monoisotopic (exact) mass is 1510 g/mol. The summed E-state index contributed by atoms with van der Waals surface area (Å²) in [5.74, 6) is 8.12. The van der Waals surface area contributed by atoms with Crippen molar-refractivity contribution in [2.24, 2.45) is 70.8 Å². The lowest BCUT2D eigenvalue weighted by molar-refractivity contribution is -0.124. The Labute approximate surface area is 666 Å². The van der Waals surface area contributed by atoms with Gasteiger partial charge in [0.05, 0.1) is 6.54 Å². The third kappa shape index (κ3) is 47.5. The first-order valence-corrected chi connectivity index (χ1v) is 41.0. The summed E-state index contributed by atoms with van der Waals surface area (Å²) in [7, 11) is 2.14. The molecule has 3 aromatic heterocycles. The zero-order valence-electron chi connectivity index (χ0n) is 71.4. The maximum absolute atomic E-state index is 11.4. The molecule has 0 atom stereocenters. The zero-order valence-corrected chi connectivity index (χ0v) is 71.4. The second kappa shape index (κ2) is 54.9. The second-order valence-electron chi connectivity index (χ2n) is 33.7. The summed E-state index contributed by atoms with van der Waals surface area (Å²) in [5, 5.41) is 23.0. The van der Waals surface area contributed by atoms with E-state index in [4.69, 9.17) is 5.73 Å². The molecular weight excluding hydrogens is 1370 g/mol. The van der Waals surface area contributed by atoms with Crippen LogP contribution in [0, 0.1) is 72.0 Å². The molecule has 0 radical (unpaired) electrons. The van der Waals surface area contributed by atoms with Gasteiger partial charge in [-0.25, -0.2) is 0 Å². The molecule has 4 aliphatic carbocycles. The van der Waals surface area contributed by atoms with Gasteiger partial charge in [-0.15, -0.1) is 0 Å². The van der Waals surface area contributed by atoms with Gasteiger partial charge in [0, 0.05) is 105 Å². The third-order valence-electron chi connectivity index (χ3n) is 17.6. The van der Waals surface area contributed by atoms with Crippen molar-refractivity contribution in [1.29, 1.82) is 0 Å². The Morgan fingerprint density at radius 2 is 0.791 bits per heavy atom. The van der Waals surface area contributed by atoms with Crippen molar-refractivity contribution in [3.05, 3.63) is 212 Å². The van der Waals surface area contributed by atoms with Crippen molar-refractivity contribution in [3.8, 4) is 33.4 Å². The molecule has 608 valence electrons. The lowest BCUT2D eigenvalue weighted by Gasteiger charge is -2.62. The predicted molar refractivity (Wildman–Crippen MR) is 472 cm³/mol. The molecule has 5 aromatic carbocycles. The number of pyridine rings is 3.